The van der Waals surface area contributed by atoms with Crippen LogP contribution in [0.2, 0.25) is 0 Å². The van der Waals surface area contributed by atoms with Crippen LogP contribution in [0.1, 0.15) is 63.7 Å². The van der Waals surface area contributed by atoms with E-state index < -0.39 is 47.0 Å². The second-order valence-electron chi connectivity index (χ2n) is 14.8. The summed E-state index contributed by atoms with van der Waals surface area (Å²) in [5.41, 5.74) is -1.79. The van der Waals surface area contributed by atoms with Crippen LogP contribution in [0.25, 0.3) is 0 Å². The molecule has 1 aromatic heterocycles. The first-order valence-corrected chi connectivity index (χ1v) is 18.7. The van der Waals surface area contributed by atoms with E-state index in [4.69, 9.17) is 0 Å². The molecule has 0 N–H and O–H groups in total. The maximum atomic E-state index is 14.1. The molecule has 4 unspecified atom stereocenters. The molecular formula is C41H44F6N6O2. The number of aromatic nitrogens is 2. The minimum absolute atomic E-state index is 0.0407. The molecule has 3 fully saturated rings. The number of benzene rings is 3. The Morgan fingerprint density at radius 2 is 1.35 bits per heavy atom. The Kier molecular flexibility index (Phi) is 11.1. The van der Waals surface area contributed by atoms with Crippen molar-refractivity contribution in [2.45, 2.75) is 69.1 Å². The van der Waals surface area contributed by atoms with Crippen molar-refractivity contribution in [1.29, 1.82) is 0 Å². The molecule has 0 aliphatic carbocycles. The van der Waals surface area contributed by atoms with Gasteiger partial charge in [0.1, 0.15) is 11.9 Å². The highest BCUT2D eigenvalue weighted by Gasteiger charge is 2.41. The van der Waals surface area contributed by atoms with E-state index in [1.165, 1.54) is 4.90 Å². The van der Waals surface area contributed by atoms with Gasteiger partial charge in [0.2, 0.25) is 5.91 Å². The highest BCUT2D eigenvalue weighted by Crippen LogP contribution is 2.37. The molecule has 0 spiro atoms. The molecule has 292 valence electrons. The number of carbonyl (C=O) groups is 2. The van der Waals surface area contributed by atoms with Crippen molar-refractivity contribution in [3.63, 3.8) is 0 Å². The van der Waals surface area contributed by atoms with Gasteiger partial charge in [0.25, 0.3) is 5.91 Å². The highest BCUT2D eigenvalue weighted by atomic mass is 19.4. The largest absolute Gasteiger partial charge is 0.416 e. The number of hydrogen-bond donors (Lipinski definition) is 0. The van der Waals surface area contributed by atoms with E-state index in [0.717, 1.165) is 49.6 Å². The van der Waals surface area contributed by atoms with Gasteiger partial charge in [-0.15, -0.1) is 0 Å². The van der Waals surface area contributed by atoms with Gasteiger partial charge in [0.05, 0.1) is 11.1 Å². The lowest BCUT2D eigenvalue weighted by Crippen LogP contribution is -2.58. The number of imidazole rings is 1. The van der Waals surface area contributed by atoms with Crippen LogP contribution >= 0.6 is 0 Å². The standard InChI is InChI=1S/C41H44F6N6O2/c1-28-48-14-17-52(28)37(30-10-6-3-7-11-30)39(55)51-15-12-35(27-51)50-20-18-49(19-21-50)34-13-16-53(36(26-34)22-29-8-4-2-5-9-29)38(54)31-23-32(40(42,43)44)25-33(24-31)41(45,46)47/h2-11,14,17,23-25,34-37H,12-13,15-16,18-22,26-27H2,1H3. The number of piperidine rings is 1. The van der Waals surface area contributed by atoms with Crippen LogP contribution in [0.3, 0.4) is 0 Å². The molecule has 4 heterocycles. The molecule has 3 aromatic carbocycles. The number of nitrogens with zero attached hydrogens (tertiary/aromatic N) is 6. The molecule has 4 atom stereocenters. The summed E-state index contributed by atoms with van der Waals surface area (Å²) in [6.07, 6.45) is -4.19. The quantitative estimate of drug-likeness (QED) is 0.182. The molecule has 0 bridgehead atoms. The smallest absolute Gasteiger partial charge is 0.339 e. The molecule has 8 nitrogen and oxygen atoms in total. The van der Waals surface area contributed by atoms with Gasteiger partial charge in [0.15, 0.2) is 0 Å². The first-order chi connectivity index (χ1) is 26.3. The normalized spacial score (nSPS) is 22.2. The van der Waals surface area contributed by atoms with E-state index in [9.17, 15) is 35.9 Å². The summed E-state index contributed by atoms with van der Waals surface area (Å²) in [4.78, 5) is 40.5. The van der Waals surface area contributed by atoms with E-state index in [0.29, 0.717) is 44.5 Å². The van der Waals surface area contributed by atoms with Crippen LogP contribution in [0.5, 0.6) is 0 Å². The van der Waals surface area contributed by atoms with Crippen LogP contribution in [0, 0.1) is 6.92 Å². The average Bonchev–Trinajstić information content (AvgIpc) is 3.84. The van der Waals surface area contributed by atoms with Crippen molar-refractivity contribution >= 4 is 11.8 Å². The second kappa shape index (κ2) is 15.8. The van der Waals surface area contributed by atoms with Gasteiger partial charge in [-0.05, 0) is 61.9 Å². The molecule has 0 radical (unpaired) electrons. The van der Waals surface area contributed by atoms with Gasteiger partial charge < -0.3 is 14.4 Å². The Morgan fingerprint density at radius 1 is 0.764 bits per heavy atom. The minimum atomic E-state index is -5.05. The number of rotatable bonds is 8. The van der Waals surface area contributed by atoms with Gasteiger partial charge >= 0.3 is 12.4 Å². The van der Waals surface area contributed by atoms with Crippen molar-refractivity contribution in [3.8, 4) is 0 Å². The fraction of sp³-hybridized carbons (Fsp3) is 0.439. The third kappa shape index (κ3) is 8.60. The highest BCUT2D eigenvalue weighted by molar-refractivity contribution is 5.95. The van der Waals surface area contributed by atoms with Gasteiger partial charge in [0, 0.05) is 81.9 Å². The predicted octanol–water partition coefficient (Wildman–Crippen LogP) is 6.95. The van der Waals surface area contributed by atoms with Gasteiger partial charge in [-0.3, -0.25) is 19.4 Å². The minimum Gasteiger partial charge on any atom is -0.339 e. The molecule has 3 aliphatic rings. The van der Waals surface area contributed by atoms with E-state index in [1.54, 1.807) is 6.20 Å². The predicted molar refractivity (Wildman–Crippen MR) is 194 cm³/mol. The Balaban J connectivity index is 1.01. The molecular weight excluding hydrogens is 722 g/mol. The van der Waals surface area contributed by atoms with Gasteiger partial charge in [-0.25, -0.2) is 4.98 Å². The van der Waals surface area contributed by atoms with Crippen molar-refractivity contribution in [2.24, 2.45) is 0 Å². The van der Waals surface area contributed by atoms with Crippen molar-refractivity contribution < 1.29 is 35.9 Å². The molecule has 2 amide bonds. The maximum absolute atomic E-state index is 14.1. The maximum Gasteiger partial charge on any atom is 0.416 e. The second-order valence-corrected chi connectivity index (χ2v) is 14.8. The molecule has 14 heteroatoms. The first kappa shape index (κ1) is 38.6. The summed E-state index contributed by atoms with van der Waals surface area (Å²) in [7, 11) is 0. The average molecular weight is 767 g/mol. The molecule has 3 saturated heterocycles. The van der Waals surface area contributed by atoms with Crippen LogP contribution in [0.15, 0.2) is 91.3 Å². The Labute approximate surface area is 316 Å². The zero-order valence-electron chi connectivity index (χ0n) is 30.5. The fourth-order valence-electron chi connectivity index (χ4n) is 8.55. The summed E-state index contributed by atoms with van der Waals surface area (Å²) in [5.74, 6) is -0.0284. The summed E-state index contributed by atoms with van der Waals surface area (Å²) >= 11 is 0. The Morgan fingerprint density at radius 3 is 1.93 bits per heavy atom. The summed E-state index contributed by atoms with van der Waals surface area (Å²) < 4.78 is 84.0. The molecule has 0 saturated carbocycles. The van der Waals surface area contributed by atoms with Crippen LogP contribution < -0.4 is 0 Å². The molecule has 4 aromatic rings. The number of aryl methyl sites for hydroxylation is 1. The van der Waals surface area contributed by atoms with E-state index in [1.807, 2.05) is 83.3 Å². The lowest BCUT2D eigenvalue weighted by Gasteiger charge is -2.47. The summed E-state index contributed by atoms with van der Waals surface area (Å²) in [6.45, 7) is 6.51. The number of halogens is 6. The number of alkyl halides is 6. The number of carbonyl (C=O) groups excluding carboxylic acids is 2. The van der Waals surface area contributed by atoms with E-state index >= 15 is 0 Å². The van der Waals surface area contributed by atoms with Crippen LogP contribution in [0.4, 0.5) is 26.3 Å². The fourth-order valence-corrected chi connectivity index (χ4v) is 8.55. The number of amides is 2. The van der Waals surface area contributed by atoms with Crippen LogP contribution in [-0.4, -0.2) is 105 Å². The Bertz CT molecular complexity index is 1910. The third-order valence-corrected chi connectivity index (χ3v) is 11.4. The summed E-state index contributed by atoms with van der Waals surface area (Å²) in [5, 5.41) is 0. The SMILES string of the molecule is Cc1nccn1C(C(=O)N1CCC(N2CCN(C3CCN(C(=O)c4cc(C(F)(F)F)cc(C(F)(F)F)c4)C(Cc4ccccc4)C3)CC2)C1)c1ccccc1. The lowest BCUT2D eigenvalue weighted by molar-refractivity contribution is -0.143. The van der Waals surface area contributed by atoms with Crippen molar-refractivity contribution in [1.82, 2.24) is 29.2 Å². The number of piperazine rings is 1. The third-order valence-electron chi connectivity index (χ3n) is 11.4. The molecule has 7 rings (SSSR count). The van der Waals surface area contributed by atoms with Gasteiger partial charge in [-0.2, -0.15) is 26.3 Å². The van der Waals surface area contributed by atoms with Crippen molar-refractivity contribution in [2.75, 3.05) is 45.8 Å². The zero-order chi connectivity index (χ0) is 38.9. The summed E-state index contributed by atoms with van der Waals surface area (Å²) in [6, 6.07) is 19.6. The number of likely N-dealkylation sites (tertiary alicyclic amines) is 2. The van der Waals surface area contributed by atoms with Crippen LogP contribution in [-0.2, 0) is 23.6 Å². The van der Waals surface area contributed by atoms with E-state index in [-0.39, 0.29) is 30.6 Å². The molecule has 55 heavy (non-hydrogen) atoms. The monoisotopic (exact) mass is 766 g/mol. The van der Waals surface area contributed by atoms with Crippen molar-refractivity contribution in [3.05, 3.63) is 125 Å². The molecule has 3 aliphatic heterocycles. The first-order valence-electron chi connectivity index (χ1n) is 18.7. The Hall–Kier alpha value is -4.69. The number of hydrogen-bond acceptors (Lipinski definition) is 5. The topological polar surface area (TPSA) is 64.9 Å². The lowest BCUT2D eigenvalue weighted by atomic mass is 9.90. The van der Waals surface area contributed by atoms with E-state index in [2.05, 4.69) is 14.8 Å². The van der Waals surface area contributed by atoms with Gasteiger partial charge in [-0.1, -0.05) is 60.7 Å². The zero-order valence-corrected chi connectivity index (χ0v) is 30.5.